The van der Waals surface area contributed by atoms with Gasteiger partial charge in [0.15, 0.2) is 35.2 Å². The maximum atomic E-state index is 14.5. The van der Waals surface area contributed by atoms with Gasteiger partial charge in [-0.05, 0) is 134 Å². The number of aliphatic carboxylic acids is 1. The largest absolute Gasteiger partial charge is 0.508 e. The first-order valence-electron chi connectivity index (χ1n) is 29.5. The van der Waals surface area contributed by atoms with Crippen LogP contribution in [0.1, 0.15) is 115 Å². The molecule has 0 unspecified atom stereocenters. The molecule has 0 heterocycles. The summed E-state index contributed by atoms with van der Waals surface area (Å²) in [4.78, 5) is 136. The first kappa shape index (κ1) is 72.7. The number of methoxy groups -OCH3 is 4. The molecule has 0 aliphatic rings. The number of carboxylic acid groups (broad SMARTS) is 1. The van der Waals surface area contributed by atoms with E-state index in [0.717, 1.165) is 0 Å². The Hall–Kier alpha value is -11.1. The van der Waals surface area contributed by atoms with Gasteiger partial charge in [0, 0.05) is 51.7 Å². The average Bonchev–Trinajstić information content (AvgIpc) is 0.877. The van der Waals surface area contributed by atoms with Crippen molar-refractivity contribution in [1.82, 2.24) is 21.3 Å². The van der Waals surface area contributed by atoms with Crippen LogP contribution in [0.5, 0.6) is 28.7 Å². The fraction of sp³-hybridized carbons (Fsp3) is 0.354. The Balaban J connectivity index is 1.38. The lowest BCUT2D eigenvalue weighted by atomic mass is 9.96. The molecule has 4 amide bonds. The number of carbonyl (C=O) groups is 9. The lowest BCUT2D eigenvalue weighted by Crippen LogP contribution is -2.43. The van der Waals surface area contributed by atoms with E-state index in [1.54, 1.807) is 24.3 Å². The van der Waals surface area contributed by atoms with Crippen LogP contribution in [0.25, 0.3) is 0 Å². The number of nitrogens with one attached hydrogen (secondary N) is 4. The minimum Gasteiger partial charge on any atom is -0.508 e. The summed E-state index contributed by atoms with van der Waals surface area (Å²) in [6.07, 6.45) is -0.118. The topological polar surface area (TPSA) is 472 Å². The maximum Gasteiger partial charge on any atom is 0.326 e. The van der Waals surface area contributed by atoms with Gasteiger partial charge >= 0.3 is 5.97 Å². The number of Topliss-reactive ketones (excluding diaryl/α,β-unsaturated/α-hetero) is 4. The zero-order valence-corrected chi connectivity index (χ0v) is 52.5. The van der Waals surface area contributed by atoms with E-state index in [9.17, 15) is 53.4 Å². The van der Waals surface area contributed by atoms with Crippen LogP contribution in [0, 0.1) is 0 Å². The number of carbonyl (C=O) groups excluding carboxylic acids is 8. The van der Waals surface area contributed by atoms with Gasteiger partial charge in [-0.1, -0.05) is 36.4 Å². The highest BCUT2D eigenvalue weighted by Crippen LogP contribution is 2.27. The lowest BCUT2D eigenvalue weighted by molar-refractivity contribution is -0.139. The minimum atomic E-state index is -1.39. The van der Waals surface area contributed by atoms with E-state index in [1.165, 1.54) is 108 Å². The average molecular weight is 1280 g/mol. The molecule has 18 N–H and O–H groups in total. The zero-order chi connectivity index (χ0) is 68.3. The minimum absolute atomic E-state index is 0.0234. The second-order valence-electron chi connectivity index (χ2n) is 21.6. The second kappa shape index (κ2) is 36.0. The molecule has 5 rings (SSSR count). The highest BCUT2D eigenvalue weighted by molar-refractivity contribution is 6.04. The molecule has 0 spiro atoms. The Kier molecular flexibility index (Phi) is 28.1. The van der Waals surface area contributed by atoms with Crippen LogP contribution in [0.15, 0.2) is 112 Å². The van der Waals surface area contributed by atoms with Crippen molar-refractivity contribution in [2.45, 2.75) is 102 Å². The predicted molar refractivity (Wildman–Crippen MR) is 347 cm³/mol. The molecule has 0 fully saturated rings. The highest BCUT2D eigenvalue weighted by atomic mass is 16.5. The molecule has 0 radical (unpaired) electrons. The third-order valence-corrected chi connectivity index (χ3v) is 14.5. The highest BCUT2D eigenvalue weighted by Gasteiger charge is 2.30. The van der Waals surface area contributed by atoms with E-state index in [4.69, 9.17) is 53.3 Å². The predicted octanol–water partition coefficient (Wildman–Crippen LogP) is 1.88. The third-order valence-electron chi connectivity index (χ3n) is 14.5. The number of hydrogen-bond donors (Lipinski definition) is 12. The molecule has 0 saturated carbocycles. The van der Waals surface area contributed by atoms with Gasteiger partial charge in [0.2, 0.25) is 0 Å². The molecule has 0 aromatic heterocycles. The number of aromatic hydroxyl groups is 1. The zero-order valence-electron chi connectivity index (χ0n) is 52.5. The number of hydrogen-bond acceptors (Lipinski definition) is 17. The van der Waals surface area contributed by atoms with Crippen LogP contribution < -0.4 is 74.6 Å². The van der Waals surface area contributed by atoms with Crippen molar-refractivity contribution in [1.29, 1.82) is 0 Å². The fourth-order valence-corrected chi connectivity index (χ4v) is 9.89. The Morgan fingerprint density at radius 2 is 0.677 bits per heavy atom. The van der Waals surface area contributed by atoms with Gasteiger partial charge in [-0.2, -0.15) is 0 Å². The van der Waals surface area contributed by atoms with Gasteiger partial charge in [-0.3, -0.25) is 53.3 Å². The monoisotopic (exact) mass is 1280 g/mol. The first-order valence-corrected chi connectivity index (χ1v) is 29.5. The molecule has 28 heteroatoms. The molecular weight excluding hydrogens is 1200 g/mol. The van der Waals surface area contributed by atoms with Crippen LogP contribution in [-0.2, 0) is 56.1 Å². The quantitative estimate of drug-likeness (QED) is 0.0152. The van der Waals surface area contributed by atoms with Gasteiger partial charge in [0.1, 0.15) is 40.6 Å². The summed E-state index contributed by atoms with van der Waals surface area (Å²) >= 11 is 0. The number of nitrogens with two attached hydrogens (primary N) is 6. The SMILES string of the molecule is COc1ccc(CC(=O)[C@@H](CCCN=C(N)N)NC(=O)c2cc(CC(=O)[C@@H](CCCN=C(N)N)NC(=O)c3cc(CC(=O)[C@@H](CCCN=C(N)N)NC(=O)c4cc(CC(C)=O)ccc4OC)ccc3OC)ccc2OC)cc1C(=O)N[C@H](Cc1ccc(O)cc1)C(=O)O. The lowest BCUT2D eigenvalue weighted by Gasteiger charge is -2.21. The van der Waals surface area contributed by atoms with E-state index < -0.39 is 71.1 Å². The molecule has 496 valence electrons. The van der Waals surface area contributed by atoms with E-state index in [-0.39, 0.29) is 165 Å². The molecule has 4 atom stereocenters. The Labute approximate surface area is 537 Å². The summed E-state index contributed by atoms with van der Waals surface area (Å²) in [6.45, 7) is 1.75. The standard InChI is InChI=1S/C65H81N13O15/c1-36(79)27-38-14-20-54(90-2)43(28-38)58(84)75-47(9-6-24-72-63(66)67)51(81)33-39-15-21-55(91-3)44(29-39)59(85)76-48(10-7-25-73-64(68)69)52(82)34-40-16-22-56(92-4)45(30-40)60(86)77-49(11-8-26-74-65(70)71)53(83)35-41-17-23-57(93-5)46(31-41)61(87)78-50(62(88)89)32-37-12-18-42(80)19-13-37/h12-23,28-31,47-50,80H,6-11,24-27,32-35H2,1-5H3,(H,75,84)(H,76,85)(H,77,86)(H,78,87)(H,88,89)(H4,66,67,72)(H4,68,69,73)(H4,70,71,74)/t47-,48-,49-,50-/m1/s1. The van der Waals surface area contributed by atoms with Crippen LogP contribution in [-0.4, -0.2) is 153 Å². The molecular formula is C65H81N13O15. The third kappa shape index (κ3) is 23.0. The van der Waals surface area contributed by atoms with E-state index in [0.29, 0.717) is 27.8 Å². The van der Waals surface area contributed by atoms with Crippen molar-refractivity contribution in [2.24, 2.45) is 49.4 Å². The van der Waals surface area contributed by atoms with Gasteiger partial charge in [-0.15, -0.1) is 0 Å². The van der Waals surface area contributed by atoms with Crippen molar-refractivity contribution < 1.29 is 72.3 Å². The number of phenolic OH excluding ortho intramolecular Hbond substituents is 1. The van der Waals surface area contributed by atoms with Gasteiger partial charge in [0.05, 0.1) is 68.8 Å². The first-order chi connectivity index (χ1) is 44.3. The summed E-state index contributed by atoms with van der Waals surface area (Å²) in [5, 5.41) is 30.6. The number of aliphatic imine (C=N–C) groups is 3. The number of rotatable bonds is 38. The van der Waals surface area contributed by atoms with Crippen LogP contribution in [0.4, 0.5) is 0 Å². The van der Waals surface area contributed by atoms with Crippen LogP contribution in [0.2, 0.25) is 0 Å². The number of ketones is 4. The number of benzene rings is 5. The van der Waals surface area contributed by atoms with Crippen molar-refractivity contribution >= 4 is 70.6 Å². The van der Waals surface area contributed by atoms with Crippen LogP contribution >= 0.6 is 0 Å². The maximum absolute atomic E-state index is 14.5. The van der Waals surface area contributed by atoms with Crippen molar-refractivity contribution in [2.75, 3.05) is 48.1 Å². The number of ether oxygens (including phenoxy) is 4. The molecule has 0 aliphatic heterocycles. The van der Waals surface area contributed by atoms with Gasteiger partial charge in [0.25, 0.3) is 23.6 Å². The summed E-state index contributed by atoms with van der Waals surface area (Å²) in [6, 6.07) is 19.0. The smallest absolute Gasteiger partial charge is 0.326 e. The fourth-order valence-electron chi connectivity index (χ4n) is 9.89. The van der Waals surface area contributed by atoms with Crippen molar-refractivity contribution in [3.63, 3.8) is 0 Å². The summed E-state index contributed by atoms with van der Waals surface area (Å²) in [5.74, 6) is -5.99. The summed E-state index contributed by atoms with van der Waals surface area (Å²) in [5.41, 5.74) is 35.4. The molecule has 0 aliphatic carbocycles. The Bertz CT molecular complexity index is 3600. The Morgan fingerprint density at radius 1 is 0.409 bits per heavy atom. The van der Waals surface area contributed by atoms with E-state index in [1.807, 2.05) is 0 Å². The summed E-state index contributed by atoms with van der Waals surface area (Å²) < 4.78 is 22.0. The van der Waals surface area contributed by atoms with Crippen molar-refractivity contribution in [3.05, 3.63) is 147 Å². The van der Waals surface area contributed by atoms with E-state index in [2.05, 4.69) is 36.2 Å². The number of guanidine groups is 3. The number of phenols is 1. The van der Waals surface area contributed by atoms with Crippen molar-refractivity contribution in [3.8, 4) is 28.7 Å². The van der Waals surface area contributed by atoms with Gasteiger partial charge in [-0.25, -0.2) is 4.79 Å². The molecule has 0 bridgehead atoms. The molecule has 0 saturated heterocycles. The molecule has 28 nitrogen and oxygen atoms in total. The molecule has 93 heavy (non-hydrogen) atoms. The number of amides is 4. The van der Waals surface area contributed by atoms with Crippen LogP contribution in [0.3, 0.4) is 0 Å². The molecule has 5 aromatic rings. The van der Waals surface area contributed by atoms with E-state index >= 15 is 0 Å². The molecule has 5 aromatic carbocycles. The Morgan fingerprint density at radius 3 is 0.935 bits per heavy atom. The second-order valence-corrected chi connectivity index (χ2v) is 21.6. The summed E-state index contributed by atoms with van der Waals surface area (Å²) in [7, 11) is 5.36. The number of carboxylic acids is 1. The van der Waals surface area contributed by atoms with Gasteiger partial charge < -0.3 is 84.8 Å². The number of nitrogens with zero attached hydrogens (tertiary/aromatic N) is 3. The normalized spacial score (nSPS) is 12.0.